The Morgan fingerprint density at radius 2 is 1.69 bits per heavy atom. The van der Waals surface area contributed by atoms with Gasteiger partial charge in [-0.05, 0) is 105 Å². The van der Waals surface area contributed by atoms with Gasteiger partial charge in [-0.15, -0.1) is 0 Å². The summed E-state index contributed by atoms with van der Waals surface area (Å²) in [4.78, 5) is 11.4. The lowest BCUT2D eigenvalue weighted by Crippen LogP contribution is -2.55. The van der Waals surface area contributed by atoms with Crippen molar-refractivity contribution in [3.05, 3.63) is 0 Å². The standard InChI is InChI=1S/C23H39NO2/c1-14(24)19-7-8-20-18-6-5-16-13-17(26-15(2)25)9-11-22(16,3)21(18)10-12-23(19,20)4/h14,16-21H,5-13,24H2,1-4H3. The second-order valence-corrected chi connectivity index (χ2v) is 10.8. The van der Waals surface area contributed by atoms with Crippen molar-refractivity contribution >= 4 is 5.97 Å². The fourth-order valence-corrected chi connectivity index (χ4v) is 8.46. The van der Waals surface area contributed by atoms with E-state index in [0.29, 0.717) is 16.9 Å². The summed E-state index contributed by atoms with van der Waals surface area (Å²) in [7, 11) is 0. The van der Waals surface area contributed by atoms with Gasteiger partial charge in [0.25, 0.3) is 0 Å². The van der Waals surface area contributed by atoms with Crippen molar-refractivity contribution < 1.29 is 9.53 Å². The van der Waals surface area contributed by atoms with Crippen LogP contribution in [0.5, 0.6) is 0 Å². The van der Waals surface area contributed by atoms with E-state index in [1.807, 2.05) is 0 Å². The van der Waals surface area contributed by atoms with E-state index in [-0.39, 0.29) is 12.1 Å². The number of fused-ring (bicyclic) bond motifs is 5. The molecular formula is C23H39NO2. The van der Waals surface area contributed by atoms with Crippen LogP contribution in [0, 0.1) is 40.4 Å². The predicted octanol–water partition coefficient (Wildman–Crippen LogP) is 4.92. The number of nitrogens with two attached hydrogens (primary N) is 1. The van der Waals surface area contributed by atoms with E-state index >= 15 is 0 Å². The van der Waals surface area contributed by atoms with E-state index < -0.39 is 0 Å². The van der Waals surface area contributed by atoms with Crippen LogP contribution in [0.4, 0.5) is 0 Å². The molecule has 0 amide bonds. The minimum absolute atomic E-state index is 0.103. The van der Waals surface area contributed by atoms with Gasteiger partial charge in [-0.25, -0.2) is 0 Å². The van der Waals surface area contributed by atoms with Crippen LogP contribution < -0.4 is 5.73 Å². The van der Waals surface area contributed by atoms with Crippen molar-refractivity contribution in [1.82, 2.24) is 0 Å². The maximum Gasteiger partial charge on any atom is 0.302 e. The number of ether oxygens (including phenoxy) is 1. The Hall–Kier alpha value is -0.570. The number of carbonyl (C=O) groups excluding carboxylic acids is 1. The molecule has 0 aliphatic heterocycles. The van der Waals surface area contributed by atoms with Gasteiger partial charge in [0.05, 0.1) is 0 Å². The third kappa shape index (κ3) is 2.75. The Morgan fingerprint density at radius 1 is 1.00 bits per heavy atom. The molecule has 9 unspecified atom stereocenters. The smallest absolute Gasteiger partial charge is 0.302 e. The molecule has 2 N–H and O–H groups in total. The van der Waals surface area contributed by atoms with Gasteiger partial charge >= 0.3 is 5.97 Å². The molecule has 0 spiro atoms. The van der Waals surface area contributed by atoms with Gasteiger partial charge in [0.15, 0.2) is 0 Å². The van der Waals surface area contributed by atoms with E-state index in [1.54, 1.807) is 6.92 Å². The lowest BCUT2D eigenvalue weighted by atomic mass is 9.44. The molecule has 0 saturated heterocycles. The molecule has 4 aliphatic rings. The molecule has 9 atom stereocenters. The van der Waals surface area contributed by atoms with Crippen LogP contribution >= 0.6 is 0 Å². The van der Waals surface area contributed by atoms with E-state index in [4.69, 9.17) is 10.5 Å². The second kappa shape index (κ2) is 6.50. The average Bonchev–Trinajstić information content (AvgIpc) is 2.92. The van der Waals surface area contributed by atoms with Gasteiger partial charge in [0.2, 0.25) is 0 Å². The molecule has 26 heavy (non-hydrogen) atoms. The highest BCUT2D eigenvalue weighted by Gasteiger charge is 2.60. The number of rotatable bonds is 2. The fourth-order valence-electron chi connectivity index (χ4n) is 8.46. The van der Waals surface area contributed by atoms with Crippen molar-refractivity contribution in [2.45, 2.75) is 97.6 Å². The molecule has 4 saturated carbocycles. The number of esters is 1. The van der Waals surface area contributed by atoms with Crippen molar-refractivity contribution in [3.63, 3.8) is 0 Å². The van der Waals surface area contributed by atoms with Crippen molar-refractivity contribution in [1.29, 1.82) is 0 Å². The molecule has 0 aromatic heterocycles. The van der Waals surface area contributed by atoms with Crippen LogP contribution in [-0.2, 0) is 9.53 Å². The molecule has 3 heteroatoms. The summed E-state index contributed by atoms with van der Waals surface area (Å²) < 4.78 is 5.59. The van der Waals surface area contributed by atoms with Crippen LogP contribution in [0.3, 0.4) is 0 Å². The summed E-state index contributed by atoms with van der Waals surface area (Å²) in [5.74, 6) is 4.04. The minimum atomic E-state index is -0.103. The number of hydrogen-bond donors (Lipinski definition) is 1. The van der Waals surface area contributed by atoms with Crippen molar-refractivity contribution in [3.8, 4) is 0 Å². The van der Waals surface area contributed by atoms with E-state index in [9.17, 15) is 4.79 Å². The topological polar surface area (TPSA) is 52.3 Å². The summed E-state index contributed by atoms with van der Waals surface area (Å²) in [6.45, 7) is 8.95. The van der Waals surface area contributed by atoms with Crippen molar-refractivity contribution in [2.24, 2.45) is 46.2 Å². The zero-order chi connectivity index (χ0) is 18.7. The molecular weight excluding hydrogens is 322 g/mol. The molecule has 4 rings (SSSR count). The van der Waals surface area contributed by atoms with Crippen molar-refractivity contribution in [2.75, 3.05) is 0 Å². The van der Waals surface area contributed by atoms with E-state index in [1.165, 1.54) is 44.9 Å². The van der Waals surface area contributed by atoms with Gasteiger partial charge in [0, 0.05) is 13.0 Å². The van der Waals surface area contributed by atoms with Gasteiger partial charge in [0.1, 0.15) is 6.10 Å². The summed E-state index contributed by atoms with van der Waals surface area (Å²) >= 11 is 0. The average molecular weight is 362 g/mol. The fraction of sp³-hybridized carbons (Fsp3) is 0.957. The first-order chi connectivity index (χ1) is 12.3. The molecule has 0 aromatic carbocycles. The molecule has 3 nitrogen and oxygen atoms in total. The molecule has 4 aliphatic carbocycles. The lowest BCUT2D eigenvalue weighted by Gasteiger charge is -2.61. The van der Waals surface area contributed by atoms with Gasteiger partial charge in [-0.2, -0.15) is 0 Å². The molecule has 0 radical (unpaired) electrons. The third-order valence-corrected chi connectivity index (χ3v) is 9.66. The highest BCUT2D eigenvalue weighted by molar-refractivity contribution is 5.66. The van der Waals surface area contributed by atoms with Crippen LogP contribution in [0.25, 0.3) is 0 Å². The second-order valence-electron chi connectivity index (χ2n) is 10.8. The van der Waals surface area contributed by atoms with Gasteiger partial charge in [-0.3, -0.25) is 4.79 Å². The Balaban J connectivity index is 1.53. The summed E-state index contributed by atoms with van der Waals surface area (Å²) in [6.07, 6.45) is 11.8. The quantitative estimate of drug-likeness (QED) is 0.710. The van der Waals surface area contributed by atoms with Crippen LogP contribution in [0.15, 0.2) is 0 Å². The highest BCUT2D eigenvalue weighted by atomic mass is 16.5. The first-order valence-electron chi connectivity index (χ1n) is 11.2. The normalized spacial score (nSPS) is 51.7. The Morgan fingerprint density at radius 3 is 2.38 bits per heavy atom. The van der Waals surface area contributed by atoms with E-state index in [0.717, 1.165) is 42.4 Å². The monoisotopic (exact) mass is 361 g/mol. The zero-order valence-electron chi connectivity index (χ0n) is 17.3. The molecule has 0 aromatic rings. The van der Waals surface area contributed by atoms with Gasteiger partial charge < -0.3 is 10.5 Å². The zero-order valence-corrected chi connectivity index (χ0v) is 17.3. The molecule has 4 fully saturated rings. The van der Waals surface area contributed by atoms with Crippen LogP contribution in [0.1, 0.15) is 85.5 Å². The Bertz CT molecular complexity index is 560. The molecule has 0 bridgehead atoms. The maximum absolute atomic E-state index is 11.4. The summed E-state index contributed by atoms with van der Waals surface area (Å²) in [5, 5.41) is 0. The number of carbonyl (C=O) groups is 1. The van der Waals surface area contributed by atoms with Crippen LogP contribution in [0.2, 0.25) is 0 Å². The lowest BCUT2D eigenvalue weighted by molar-refractivity contribution is -0.160. The van der Waals surface area contributed by atoms with E-state index in [2.05, 4.69) is 20.8 Å². The minimum Gasteiger partial charge on any atom is -0.463 e. The first kappa shape index (κ1) is 18.8. The Labute approximate surface area is 159 Å². The summed E-state index contributed by atoms with van der Waals surface area (Å²) in [6, 6.07) is 0.340. The third-order valence-electron chi connectivity index (χ3n) is 9.66. The highest BCUT2D eigenvalue weighted by Crippen LogP contribution is 2.67. The maximum atomic E-state index is 11.4. The molecule has 0 heterocycles. The van der Waals surface area contributed by atoms with Crippen LogP contribution in [-0.4, -0.2) is 18.1 Å². The molecule has 148 valence electrons. The van der Waals surface area contributed by atoms with Gasteiger partial charge in [-0.1, -0.05) is 13.8 Å². The SMILES string of the molecule is CC(=O)OC1CCC2(C)C(CCC3C2CCC2(C)C(C(C)N)CCC32)C1. The number of hydrogen-bond acceptors (Lipinski definition) is 3. The Kier molecular flexibility index (Phi) is 4.69. The summed E-state index contributed by atoms with van der Waals surface area (Å²) in [5.41, 5.74) is 7.35. The largest absolute Gasteiger partial charge is 0.463 e. The first-order valence-corrected chi connectivity index (χ1v) is 11.2. The predicted molar refractivity (Wildman–Crippen MR) is 104 cm³/mol.